The number of hydrogen-bond acceptors (Lipinski definition) is 5. The number of hydrogen-bond donors (Lipinski definition) is 0. The molecule has 0 atom stereocenters. The lowest BCUT2D eigenvalue weighted by Crippen LogP contribution is -2.01. The molecular weight excluding hydrogens is 280 g/mol. The number of ether oxygens (including phenoxy) is 2. The Morgan fingerprint density at radius 3 is 2.30 bits per heavy atom. The lowest BCUT2D eigenvalue weighted by atomic mass is 10.2. The SMILES string of the molecule is COC(=O)CCCCCOc1ccc(S(C)(=O)=O)cc1. The molecule has 20 heavy (non-hydrogen) atoms. The second-order valence-electron chi connectivity index (χ2n) is 4.48. The van der Waals surface area contributed by atoms with Gasteiger partial charge in [0.25, 0.3) is 0 Å². The summed E-state index contributed by atoms with van der Waals surface area (Å²) in [7, 11) is -1.78. The molecule has 1 aromatic rings. The maximum atomic E-state index is 11.3. The molecule has 6 heteroatoms. The first kappa shape index (κ1) is 16.5. The topological polar surface area (TPSA) is 69.7 Å². The van der Waals surface area contributed by atoms with Crippen molar-refractivity contribution in [3.63, 3.8) is 0 Å². The van der Waals surface area contributed by atoms with Gasteiger partial charge in [0.15, 0.2) is 9.84 Å². The highest BCUT2D eigenvalue weighted by atomic mass is 32.2. The Kier molecular flexibility index (Phi) is 6.51. The summed E-state index contributed by atoms with van der Waals surface area (Å²) in [4.78, 5) is 11.2. The van der Waals surface area contributed by atoms with E-state index in [1.807, 2.05) is 0 Å². The van der Waals surface area contributed by atoms with Crippen molar-refractivity contribution in [2.45, 2.75) is 30.6 Å². The Balaban J connectivity index is 2.24. The Hall–Kier alpha value is -1.56. The van der Waals surface area contributed by atoms with Crippen LogP contribution >= 0.6 is 0 Å². The monoisotopic (exact) mass is 300 g/mol. The standard InChI is InChI=1S/C14H20O5S/c1-18-14(15)6-4-3-5-11-19-12-7-9-13(10-8-12)20(2,16)17/h7-10H,3-6,11H2,1-2H3. The molecule has 0 saturated carbocycles. The van der Waals surface area contributed by atoms with Crippen molar-refractivity contribution in [2.75, 3.05) is 20.0 Å². The van der Waals surface area contributed by atoms with Crippen LogP contribution in [0.4, 0.5) is 0 Å². The average molecular weight is 300 g/mol. The van der Waals surface area contributed by atoms with Crippen LogP contribution in [0.1, 0.15) is 25.7 Å². The molecule has 1 rings (SSSR count). The molecule has 0 heterocycles. The number of carbonyl (C=O) groups is 1. The summed E-state index contributed by atoms with van der Waals surface area (Å²) < 4.78 is 32.6. The van der Waals surface area contributed by atoms with Gasteiger partial charge in [0.05, 0.1) is 18.6 Å². The minimum atomic E-state index is -3.16. The molecule has 0 fully saturated rings. The molecule has 0 bridgehead atoms. The van der Waals surface area contributed by atoms with Crippen LogP contribution in [0.3, 0.4) is 0 Å². The van der Waals surface area contributed by atoms with Crippen LogP contribution in [-0.4, -0.2) is 34.4 Å². The second kappa shape index (κ2) is 7.89. The fraction of sp³-hybridized carbons (Fsp3) is 0.500. The summed E-state index contributed by atoms with van der Waals surface area (Å²) in [5, 5.41) is 0. The Morgan fingerprint density at radius 2 is 1.75 bits per heavy atom. The summed E-state index contributed by atoms with van der Waals surface area (Å²) in [6.45, 7) is 0.541. The van der Waals surface area contributed by atoms with Crippen LogP contribution in [0.5, 0.6) is 5.75 Å². The van der Waals surface area contributed by atoms with Gasteiger partial charge in [-0.15, -0.1) is 0 Å². The highest BCUT2D eigenvalue weighted by Crippen LogP contribution is 2.16. The van der Waals surface area contributed by atoms with Gasteiger partial charge in [-0.05, 0) is 43.5 Å². The van der Waals surface area contributed by atoms with Crippen LogP contribution in [0, 0.1) is 0 Å². The summed E-state index contributed by atoms with van der Waals surface area (Å²) in [6.07, 6.45) is 4.11. The van der Waals surface area contributed by atoms with Gasteiger partial charge in [-0.2, -0.15) is 0 Å². The second-order valence-corrected chi connectivity index (χ2v) is 6.49. The summed E-state index contributed by atoms with van der Waals surface area (Å²) >= 11 is 0. The molecule has 0 saturated heterocycles. The van der Waals surface area contributed by atoms with Gasteiger partial charge in [0.2, 0.25) is 0 Å². The van der Waals surface area contributed by atoms with Gasteiger partial charge >= 0.3 is 5.97 Å². The van der Waals surface area contributed by atoms with Crippen molar-refractivity contribution < 1.29 is 22.7 Å². The van der Waals surface area contributed by atoms with E-state index in [2.05, 4.69) is 4.74 Å². The number of methoxy groups -OCH3 is 1. The fourth-order valence-corrected chi connectivity index (χ4v) is 2.25. The van der Waals surface area contributed by atoms with Crippen LogP contribution in [0.2, 0.25) is 0 Å². The van der Waals surface area contributed by atoms with Crippen LogP contribution < -0.4 is 4.74 Å². The normalized spacial score (nSPS) is 11.1. The molecule has 0 aliphatic rings. The average Bonchev–Trinajstić information content (AvgIpc) is 2.41. The maximum absolute atomic E-state index is 11.3. The molecular formula is C14H20O5S. The van der Waals surface area contributed by atoms with E-state index in [4.69, 9.17) is 4.74 Å². The van der Waals surface area contributed by atoms with Crippen LogP contribution in [-0.2, 0) is 19.4 Å². The van der Waals surface area contributed by atoms with E-state index < -0.39 is 9.84 Å². The van der Waals surface area contributed by atoms with Gasteiger partial charge in [0.1, 0.15) is 5.75 Å². The third-order valence-corrected chi connectivity index (χ3v) is 3.90. The van der Waals surface area contributed by atoms with Crippen molar-refractivity contribution in [3.05, 3.63) is 24.3 Å². The van der Waals surface area contributed by atoms with E-state index in [-0.39, 0.29) is 10.9 Å². The van der Waals surface area contributed by atoms with E-state index in [1.54, 1.807) is 12.1 Å². The molecule has 0 N–H and O–H groups in total. The molecule has 0 radical (unpaired) electrons. The number of unbranched alkanes of at least 4 members (excludes halogenated alkanes) is 2. The smallest absolute Gasteiger partial charge is 0.305 e. The van der Waals surface area contributed by atoms with Gasteiger partial charge in [-0.25, -0.2) is 8.42 Å². The maximum Gasteiger partial charge on any atom is 0.305 e. The van der Waals surface area contributed by atoms with Crippen molar-refractivity contribution in [1.29, 1.82) is 0 Å². The first-order valence-electron chi connectivity index (χ1n) is 6.43. The van der Waals surface area contributed by atoms with E-state index in [0.717, 1.165) is 19.3 Å². The molecule has 1 aromatic carbocycles. The molecule has 0 aliphatic carbocycles. The van der Waals surface area contributed by atoms with Gasteiger partial charge in [-0.1, -0.05) is 0 Å². The largest absolute Gasteiger partial charge is 0.494 e. The molecule has 112 valence electrons. The Labute approximate surface area is 119 Å². The Morgan fingerprint density at radius 1 is 1.10 bits per heavy atom. The molecule has 0 spiro atoms. The van der Waals surface area contributed by atoms with Gasteiger partial charge in [-0.3, -0.25) is 4.79 Å². The van der Waals surface area contributed by atoms with Crippen molar-refractivity contribution in [3.8, 4) is 5.75 Å². The number of sulfone groups is 1. The lowest BCUT2D eigenvalue weighted by Gasteiger charge is -2.06. The van der Waals surface area contributed by atoms with Crippen LogP contribution in [0.25, 0.3) is 0 Å². The summed E-state index contributed by atoms with van der Waals surface area (Å²) in [5.41, 5.74) is 0. The first-order chi connectivity index (χ1) is 9.43. The highest BCUT2D eigenvalue weighted by molar-refractivity contribution is 7.90. The number of carbonyl (C=O) groups excluding carboxylic acids is 1. The Bertz CT molecular complexity index is 519. The third-order valence-electron chi connectivity index (χ3n) is 2.77. The first-order valence-corrected chi connectivity index (χ1v) is 8.32. The minimum Gasteiger partial charge on any atom is -0.494 e. The van der Waals surface area contributed by atoms with Crippen LogP contribution in [0.15, 0.2) is 29.2 Å². The van der Waals surface area contributed by atoms with E-state index in [1.165, 1.54) is 25.5 Å². The molecule has 0 unspecified atom stereocenters. The third kappa shape index (κ3) is 6.06. The van der Waals surface area contributed by atoms with Crippen molar-refractivity contribution in [1.82, 2.24) is 0 Å². The predicted molar refractivity (Wildman–Crippen MR) is 75.5 cm³/mol. The van der Waals surface area contributed by atoms with Gasteiger partial charge < -0.3 is 9.47 Å². The van der Waals surface area contributed by atoms with Crippen molar-refractivity contribution >= 4 is 15.8 Å². The van der Waals surface area contributed by atoms with Gasteiger partial charge in [0, 0.05) is 12.7 Å². The quantitative estimate of drug-likeness (QED) is 0.544. The zero-order valence-electron chi connectivity index (χ0n) is 11.8. The number of rotatable bonds is 8. The zero-order valence-corrected chi connectivity index (χ0v) is 12.6. The zero-order chi connectivity index (χ0) is 15.0. The van der Waals surface area contributed by atoms with Crippen molar-refractivity contribution in [2.24, 2.45) is 0 Å². The molecule has 0 amide bonds. The fourth-order valence-electron chi connectivity index (χ4n) is 1.62. The van der Waals surface area contributed by atoms with E-state index in [9.17, 15) is 13.2 Å². The highest BCUT2D eigenvalue weighted by Gasteiger charge is 2.06. The number of esters is 1. The summed E-state index contributed by atoms with van der Waals surface area (Å²) in [6, 6.07) is 6.35. The molecule has 5 nitrogen and oxygen atoms in total. The van der Waals surface area contributed by atoms with E-state index >= 15 is 0 Å². The number of benzene rings is 1. The predicted octanol–water partition coefficient (Wildman–Crippen LogP) is 2.20. The molecule has 0 aromatic heterocycles. The lowest BCUT2D eigenvalue weighted by molar-refractivity contribution is -0.140. The molecule has 0 aliphatic heterocycles. The summed E-state index contributed by atoms with van der Waals surface area (Å²) in [5.74, 6) is 0.452. The van der Waals surface area contributed by atoms with E-state index in [0.29, 0.717) is 18.8 Å². The minimum absolute atomic E-state index is 0.192.